The quantitative estimate of drug-likeness (QED) is 0.248. The van der Waals surface area contributed by atoms with Crippen LogP contribution < -0.4 is 18.9 Å². The number of ether oxygens (including phenoxy) is 4. The van der Waals surface area contributed by atoms with Gasteiger partial charge in [0, 0.05) is 12.6 Å². The molecule has 2 aromatic rings. The Hall–Kier alpha value is -2.42. The van der Waals surface area contributed by atoms with Crippen LogP contribution in [-0.2, 0) is 4.79 Å². The van der Waals surface area contributed by atoms with Crippen LogP contribution in [0.5, 0.6) is 23.0 Å². The standard InChI is InChI=1S/C23H24ClNO5S2/c1-4-25-22(26)20(32-23(25)31)13-15-11-18(24)21(19(12-15)28-5-2)30-10-9-29-17-8-6-7-16(14-17)27-3/h6-8,11-14H,4-5,9-10H2,1-3H3/b20-13+. The number of hydrogen-bond acceptors (Lipinski definition) is 7. The minimum Gasteiger partial charge on any atom is -0.497 e. The van der Waals surface area contributed by atoms with Crippen LogP contribution in [0.25, 0.3) is 6.08 Å². The van der Waals surface area contributed by atoms with E-state index in [1.165, 1.54) is 11.8 Å². The molecule has 1 aliphatic rings. The number of nitrogens with zero attached hydrogens (tertiary/aromatic N) is 1. The van der Waals surface area contributed by atoms with Gasteiger partial charge in [-0.15, -0.1) is 0 Å². The van der Waals surface area contributed by atoms with Gasteiger partial charge in [0.1, 0.15) is 29.0 Å². The van der Waals surface area contributed by atoms with Crippen LogP contribution in [0.1, 0.15) is 19.4 Å². The van der Waals surface area contributed by atoms with E-state index < -0.39 is 0 Å². The number of benzene rings is 2. The van der Waals surface area contributed by atoms with Gasteiger partial charge in [-0.3, -0.25) is 9.69 Å². The van der Waals surface area contributed by atoms with Crippen LogP contribution in [0.4, 0.5) is 0 Å². The van der Waals surface area contributed by atoms with Gasteiger partial charge in [0.2, 0.25) is 0 Å². The van der Waals surface area contributed by atoms with Crippen molar-refractivity contribution in [3.8, 4) is 23.0 Å². The molecule has 9 heteroatoms. The molecule has 0 N–H and O–H groups in total. The normalized spacial score (nSPS) is 14.8. The Morgan fingerprint density at radius 1 is 1.09 bits per heavy atom. The van der Waals surface area contributed by atoms with E-state index in [9.17, 15) is 4.79 Å². The van der Waals surface area contributed by atoms with E-state index in [4.69, 9.17) is 42.8 Å². The van der Waals surface area contributed by atoms with Gasteiger partial charge in [-0.05, 0) is 49.8 Å². The molecule has 0 unspecified atom stereocenters. The summed E-state index contributed by atoms with van der Waals surface area (Å²) in [5, 5.41) is 0.384. The molecule has 2 aromatic carbocycles. The van der Waals surface area contributed by atoms with Crippen molar-refractivity contribution in [2.24, 2.45) is 0 Å². The zero-order chi connectivity index (χ0) is 23.1. The summed E-state index contributed by atoms with van der Waals surface area (Å²) in [6, 6.07) is 10.9. The lowest BCUT2D eigenvalue weighted by atomic mass is 10.1. The fourth-order valence-electron chi connectivity index (χ4n) is 2.99. The molecule has 0 saturated carbocycles. The number of rotatable bonds is 10. The smallest absolute Gasteiger partial charge is 0.266 e. The number of likely N-dealkylation sites (N-methyl/N-ethyl adjacent to an activating group) is 1. The van der Waals surface area contributed by atoms with Gasteiger partial charge in [-0.2, -0.15) is 0 Å². The fourth-order valence-corrected chi connectivity index (χ4v) is 4.65. The molecule has 0 atom stereocenters. The highest BCUT2D eigenvalue weighted by atomic mass is 35.5. The maximum Gasteiger partial charge on any atom is 0.266 e. The summed E-state index contributed by atoms with van der Waals surface area (Å²) in [6.45, 7) is 5.33. The molecular weight excluding hydrogens is 470 g/mol. The second kappa shape index (κ2) is 11.4. The van der Waals surface area contributed by atoms with Crippen LogP contribution >= 0.6 is 35.6 Å². The summed E-state index contributed by atoms with van der Waals surface area (Å²) < 4.78 is 23.0. The first-order chi connectivity index (χ1) is 15.5. The molecule has 0 aromatic heterocycles. The van der Waals surface area contributed by atoms with Gasteiger partial charge in [0.05, 0.1) is 23.6 Å². The Morgan fingerprint density at radius 2 is 1.84 bits per heavy atom. The number of halogens is 1. The Labute approximate surface area is 202 Å². The number of carbonyl (C=O) groups is 1. The minimum absolute atomic E-state index is 0.105. The van der Waals surface area contributed by atoms with Crippen molar-refractivity contribution in [3.05, 3.63) is 51.9 Å². The number of thiocarbonyl (C=S) groups is 1. The lowest BCUT2D eigenvalue weighted by Crippen LogP contribution is -2.27. The summed E-state index contributed by atoms with van der Waals surface area (Å²) in [5.41, 5.74) is 0.732. The monoisotopic (exact) mass is 493 g/mol. The molecule has 6 nitrogen and oxygen atoms in total. The third kappa shape index (κ3) is 5.88. The fraction of sp³-hybridized carbons (Fsp3) is 0.304. The van der Waals surface area contributed by atoms with Gasteiger partial charge in [0.25, 0.3) is 5.91 Å². The minimum atomic E-state index is -0.105. The Morgan fingerprint density at radius 3 is 2.53 bits per heavy atom. The molecule has 1 saturated heterocycles. The second-order valence-electron chi connectivity index (χ2n) is 6.56. The first-order valence-electron chi connectivity index (χ1n) is 10.1. The number of methoxy groups -OCH3 is 1. The number of hydrogen-bond donors (Lipinski definition) is 0. The number of amides is 1. The van der Waals surface area contributed by atoms with E-state index in [1.807, 2.05) is 32.0 Å². The Bertz CT molecular complexity index is 1030. The molecule has 0 aliphatic carbocycles. The van der Waals surface area contributed by atoms with Crippen LogP contribution in [0.2, 0.25) is 5.02 Å². The van der Waals surface area contributed by atoms with Crippen molar-refractivity contribution in [3.63, 3.8) is 0 Å². The van der Waals surface area contributed by atoms with E-state index in [2.05, 4.69) is 0 Å². The first-order valence-corrected chi connectivity index (χ1v) is 11.7. The maximum absolute atomic E-state index is 12.5. The SMILES string of the molecule is CCOc1cc(/C=C2/SC(=S)N(CC)C2=O)cc(Cl)c1OCCOc1cccc(OC)c1. The Balaban J connectivity index is 1.71. The largest absolute Gasteiger partial charge is 0.497 e. The lowest BCUT2D eigenvalue weighted by molar-refractivity contribution is -0.121. The topological polar surface area (TPSA) is 57.2 Å². The summed E-state index contributed by atoms with van der Waals surface area (Å²) in [7, 11) is 1.61. The number of thioether (sulfide) groups is 1. The molecule has 1 amide bonds. The number of carbonyl (C=O) groups excluding carboxylic acids is 1. The van der Waals surface area contributed by atoms with E-state index in [1.54, 1.807) is 36.3 Å². The zero-order valence-electron chi connectivity index (χ0n) is 18.1. The zero-order valence-corrected chi connectivity index (χ0v) is 20.4. The molecule has 1 fully saturated rings. The molecule has 0 spiro atoms. The van der Waals surface area contributed by atoms with E-state index in [0.717, 1.165) is 11.3 Å². The van der Waals surface area contributed by atoms with Crippen molar-refractivity contribution in [2.75, 3.05) is 33.5 Å². The average molecular weight is 494 g/mol. The van der Waals surface area contributed by atoms with Gasteiger partial charge in [-0.25, -0.2) is 0 Å². The third-order valence-corrected chi connectivity index (χ3v) is 6.12. The molecular formula is C23H24ClNO5S2. The van der Waals surface area contributed by atoms with Gasteiger partial charge in [-0.1, -0.05) is 41.6 Å². The highest BCUT2D eigenvalue weighted by Crippen LogP contribution is 2.39. The first kappa shape index (κ1) is 24.2. The van der Waals surface area contributed by atoms with Crippen LogP contribution in [0.15, 0.2) is 41.3 Å². The summed E-state index contributed by atoms with van der Waals surface area (Å²) >= 11 is 13.0. The molecule has 170 valence electrons. The molecule has 3 rings (SSSR count). The van der Waals surface area contributed by atoms with Crippen molar-refractivity contribution in [1.29, 1.82) is 0 Å². The van der Waals surface area contributed by atoms with Crippen LogP contribution in [-0.4, -0.2) is 48.6 Å². The summed E-state index contributed by atoms with van der Waals surface area (Å²) in [4.78, 5) is 14.6. The van der Waals surface area contributed by atoms with Crippen molar-refractivity contribution >= 4 is 51.9 Å². The van der Waals surface area contributed by atoms with Crippen molar-refractivity contribution in [2.45, 2.75) is 13.8 Å². The maximum atomic E-state index is 12.5. The van der Waals surface area contributed by atoms with Crippen molar-refractivity contribution in [1.82, 2.24) is 4.90 Å². The van der Waals surface area contributed by atoms with E-state index >= 15 is 0 Å². The van der Waals surface area contributed by atoms with E-state index in [0.29, 0.717) is 51.3 Å². The van der Waals surface area contributed by atoms with Gasteiger partial charge < -0.3 is 18.9 Å². The highest BCUT2D eigenvalue weighted by Gasteiger charge is 2.30. The highest BCUT2D eigenvalue weighted by molar-refractivity contribution is 8.26. The van der Waals surface area contributed by atoms with E-state index in [-0.39, 0.29) is 12.5 Å². The van der Waals surface area contributed by atoms with Crippen molar-refractivity contribution < 1.29 is 23.7 Å². The van der Waals surface area contributed by atoms with Gasteiger partial charge >= 0.3 is 0 Å². The summed E-state index contributed by atoms with van der Waals surface area (Å²) in [6.07, 6.45) is 1.76. The van der Waals surface area contributed by atoms with Crippen LogP contribution in [0, 0.1) is 0 Å². The predicted octanol–water partition coefficient (Wildman–Crippen LogP) is 5.43. The molecule has 0 bridgehead atoms. The molecule has 1 aliphatic heterocycles. The molecule has 0 radical (unpaired) electrons. The average Bonchev–Trinajstić information content (AvgIpc) is 3.05. The molecule has 1 heterocycles. The Kier molecular flexibility index (Phi) is 8.67. The van der Waals surface area contributed by atoms with Gasteiger partial charge in [0.15, 0.2) is 11.5 Å². The summed E-state index contributed by atoms with van der Waals surface area (Å²) in [5.74, 6) is 2.23. The third-order valence-electron chi connectivity index (χ3n) is 4.46. The second-order valence-corrected chi connectivity index (χ2v) is 8.65. The molecule has 32 heavy (non-hydrogen) atoms. The lowest BCUT2D eigenvalue weighted by Gasteiger charge is -2.15. The van der Waals surface area contributed by atoms with Crippen LogP contribution in [0.3, 0.4) is 0 Å². The predicted molar refractivity (Wildman–Crippen MR) is 132 cm³/mol.